The van der Waals surface area contributed by atoms with Gasteiger partial charge in [-0.2, -0.15) is 0 Å². The lowest BCUT2D eigenvalue weighted by atomic mass is 9.84. The zero-order chi connectivity index (χ0) is 13.0. The van der Waals surface area contributed by atoms with Crippen molar-refractivity contribution in [2.45, 2.75) is 58.5 Å². The number of nitrogens with zero attached hydrogens (tertiary/aromatic N) is 1. The van der Waals surface area contributed by atoms with Gasteiger partial charge in [-0.05, 0) is 25.2 Å². The molecule has 1 unspecified atom stereocenters. The van der Waals surface area contributed by atoms with Gasteiger partial charge in [0.15, 0.2) is 0 Å². The minimum absolute atomic E-state index is 0.524. The van der Waals surface area contributed by atoms with E-state index in [4.69, 9.17) is 4.74 Å². The van der Waals surface area contributed by atoms with Crippen LogP contribution in [-0.4, -0.2) is 49.8 Å². The van der Waals surface area contributed by atoms with Crippen LogP contribution >= 0.6 is 0 Å². The van der Waals surface area contributed by atoms with Crippen molar-refractivity contribution in [3.05, 3.63) is 0 Å². The second-order valence-electron chi connectivity index (χ2n) is 6.64. The highest BCUT2D eigenvalue weighted by molar-refractivity contribution is 4.91. The van der Waals surface area contributed by atoms with Crippen LogP contribution in [0.2, 0.25) is 0 Å². The molecule has 1 saturated heterocycles. The van der Waals surface area contributed by atoms with E-state index in [1.807, 2.05) is 0 Å². The molecule has 2 rings (SSSR count). The summed E-state index contributed by atoms with van der Waals surface area (Å²) < 4.78 is 5.55. The average Bonchev–Trinajstić information content (AvgIpc) is 2.79. The van der Waals surface area contributed by atoms with Gasteiger partial charge in [-0.3, -0.25) is 4.90 Å². The third kappa shape index (κ3) is 3.69. The summed E-state index contributed by atoms with van der Waals surface area (Å²) in [6.45, 7) is 12.2. The molecule has 0 radical (unpaired) electrons. The van der Waals surface area contributed by atoms with Crippen LogP contribution < -0.4 is 5.32 Å². The number of rotatable bonds is 5. The predicted molar refractivity (Wildman–Crippen MR) is 75.9 cm³/mol. The minimum atomic E-state index is 0.524. The van der Waals surface area contributed by atoms with Crippen molar-refractivity contribution in [2.75, 3.05) is 32.8 Å². The first kappa shape index (κ1) is 14.3. The molecular weight excluding hydrogens is 224 g/mol. The lowest BCUT2D eigenvalue weighted by molar-refractivity contribution is -0.0200. The van der Waals surface area contributed by atoms with Crippen LogP contribution in [0.25, 0.3) is 0 Å². The second-order valence-corrected chi connectivity index (χ2v) is 6.64. The van der Waals surface area contributed by atoms with E-state index in [0.717, 1.165) is 19.8 Å². The molecule has 0 aromatic rings. The largest absolute Gasteiger partial charge is 0.379 e. The van der Waals surface area contributed by atoms with E-state index in [0.29, 0.717) is 17.5 Å². The lowest BCUT2D eigenvalue weighted by Gasteiger charge is -2.41. The summed E-state index contributed by atoms with van der Waals surface area (Å²) in [5.74, 6) is 0. The Hall–Kier alpha value is -0.120. The zero-order valence-electron chi connectivity index (χ0n) is 12.4. The molecule has 1 aliphatic carbocycles. The van der Waals surface area contributed by atoms with E-state index >= 15 is 0 Å². The van der Waals surface area contributed by atoms with Crippen molar-refractivity contribution >= 4 is 0 Å². The number of nitrogens with one attached hydrogen (secondary N) is 1. The Morgan fingerprint density at radius 1 is 1.33 bits per heavy atom. The van der Waals surface area contributed by atoms with E-state index in [1.54, 1.807) is 0 Å². The summed E-state index contributed by atoms with van der Waals surface area (Å²) in [6.07, 6.45) is 5.63. The first-order valence-electron chi connectivity index (χ1n) is 7.66. The van der Waals surface area contributed by atoms with Gasteiger partial charge in [-0.15, -0.1) is 0 Å². The fraction of sp³-hybridized carbons (Fsp3) is 1.00. The first-order chi connectivity index (χ1) is 8.61. The quantitative estimate of drug-likeness (QED) is 0.814. The highest BCUT2D eigenvalue weighted by Crippen LogP contribution is 2.39. The van der Waals surface area contributed by atoms with E-state index in [2.05, 4.69) is 31.0 Å². The molecule has 0 amide bonds. The Bertz CT molecular complexity index is 249. The zero-order valence-corrected chi connectivity index (χ0v) is 12.4. The van der Waals surface area contributed by atoms with Gasteiger partial charge in [0.1, 0.15) is 0 Å². The van der Waals surface area contributed by atoms with E-state index in [1.165, 1.54) is 38.8 Å². The Balaban J connectivity index is 1.92. The van der Waals surface area contributed by atoms with Gasteiger partial charge in [-0.25, -0.2) is 0 Å². The summed E-state index contributed by atoms with van der Waals surface area (Å²) in [4.78, 5) is 2.65. The third-order valence-corrected chi connectivity index (χ3v) is 4.59. The second kappa shape index (κ2) is 6.36. The van der Waals surface area contributed by atoms with Crippen molar-refractivity contribution in [3.8, 4) is 0 Å². The van der Waals surface area contributed by atoms with E-state index in [9.17, 15) is 0 Å². The molecule has 0 aromatic carbocycles. The molecule has 2 aliphatic rings. The third-order valence-electron chi connectivity index (χ3n) is 4.59. The number of hydrogen-bond donors (Lipinski definition) is 1. The normalized spacial score (nSPS) is 29.0. The van der Waals surface area contributed by atoms with Gasteiger partial charge < -0.3 is 10.1 Å². The summed E-state index contributed by atoms with van der Waals surface area (Å²) in [5, 5.41) is 3.67. The molecule has 18 heavy (non-hydrogen) atoms. The summed E-state index contributed by atoms with van der Waals surface area (Å²) in [5.41, 5.74) is 0.524. The van der Waals surface area contributed by atoms with Gasteiger partial charge in [0.25, 0.3) is 0 Å². The van der Waals surface area contributed by atoms with Crippen molar-refractivity contribution in [3.63, 3.8) is 0 Å². The topological polar surface area (TPSA) is 24.5 Å². The van der Waals surface area contributed by atoms with Crippen LogP contribution in [-0.2, 0) is 4.74 Å². The molecule has 106 valence electrons. The van der Waals surface area contributed by atoms with Crippen LogP contribution in [0.5, 0.6) is 0 Å². The summed E-state index contributed by atoms with van der Waals surface area (Å²) in [6, 6.07) is 1.19. The van der Waals surface area contributed by atoms with Gasteiger partial charge in [-0.1, -0.05) is 26.7 Å². The fourth-order valence-corrected chi connectivity index (χ4v) is 3.36. The Morgan fingerprint density at radius 2 is 2.06 bits per heavy atom. The molecule has 1 atom stereocenters. The van der Waals surface area contributed by atoms with Gasteiger partial charge in [0, 0.05) is 31.7 Å². The smallest absolute Gasteiger partial charge is 0.0619 e. The van der Waals surface area contributed by atoms with Crippen LogP contribution in [0.1, 0.15) is 46.5 Å². The van der Waals surface area contributed by atoms with Crippen molar-refractivity contribution in [1.29, 1.82) is 0 Å². The van der Waals surface area contributed by atoms with Crippen LogP contribution in [0, 0.1) is 5.41 Å². The molecule has 1 saturated carbocycles. The molecule has 1 aliphatic heterocycles. The van der Waals surface area contributed by atoms with Crippen molar-refractivity contribution in [2.24, 2.45) is 5.41 Å². The van der Waals surface area contributed by atoms with Crippen LogP contribution in [0.4, 0.5) is 0 Å². The van der Waals surface area contributed by atoms with Crippen LogP contribution in [0.3, 0.4) is 0 Å². The Morgan fingerprint density at radius 3 is 2.67 bits per heavy atom. The standard InChI is InChI=1S/C15H30N2O/c1-13(2)16-11-15(6-4-5-7-15)12-17-8-9-18-10-14(17)3/h13-14,16H,4-12H2,1-3H3. The molecule has 3 nitrogen and oxygen atoms in total. The number of morpholine rings is 1. The van der Waals surface area contributed by atoms with Gasteiger partial charge in [0.05, 0.1) is 13.2 Å². The minimum Gasteiger partial charge on any atom is -0.379 e. The molecule has 0 bridgehead atoms. The SMILES string of the molecule is CC(C)NCC1(CN2CCOCC2C)CCCC1. The first-order valence-corrected chi connectivity index (χ1v) is 7.66. The maximum absolute atomic E-state index is 5.55. The van der Waals surface area contributed by atoms with Crippen LogP contribution in [0.15, 0.2) is 0 Å². The highest BCUT2D eigenvalue weighted by atomic mass is 16.5. The fourth-order valence-electron chi connectivity index (χ4n) is 3.36. The molecular formula is C15H30N2O. The number of hydrogen-bond acceptors (Lipinski definition) is 3. The van der Waals surface area contributed by atoms with E-state index < -0.39 is 0 Å². The lowest BCUT2D eigenvalue weighted by Crippen LogP contribution is -2.51. The molecule has 0 spiro atoms. The maximum Gasteiger partial charge on any atom is 0.0619 e. The highest BCUT2D eigenvalue weighted by Gasteiger charge is 2.37. The molecule has 1 heterocycles. The van der Waals surface area contributed by atoms with Gasteiger partial charge in [0.2, 0.25) is 0 Å². The Labute approximate surface area is 112 Å². The Kier molecular flexibility index (Phi) is 5.05. The van der Waals surface area contributed by atoms with Gasteiger partial charge >= 0.3 is 0 Å². The van der Waals surface area contributed by atoms with Crippen molar-refractivity contribution in [1.82, 2.24) is 10.2 Å². The predicted octanol–water partition coefficient (Wildman–Crippen LogP) is 2.27. The maximum atomic E-state index is 5.55. The number of ether oxygens (including phenoxy) is 1. The van der Waals surface area contributed by atoms with E-state index in [-0.39, 0.29) is 0 Å². The molecule has 2 fully saturated rings. The summed E-state index contributed by atoms with van der Waals surface area (Å²) in [7, 11) is 0. The van der Waals surface area contributed by atoms with Crippen molar-refractivity contribution < 1.29 is 4.74 Å². The summed E-state index contributed by atoms with van der Waals surface area (Å²) >= 11 is 0. The molecule has 3 heteroatoms. The average molecular weight is 254 g/mol. The molecule has 1 N–H and O–H groups in total. The molecule has 0 aromatic heterocycles. The monoisotopic (exact) mass is 254 g/mol.